The molecule has 0 bridgehead atoms. The number of H-pyrrole nitrogens is 1. The predicted molar refractivity (Wildman–Crippen MR) is 69.3 cm³/mol. The third-order valence-corrected chi connectivity index (χ3v) is 4.33. The molecule has 1 aliphatic carbocycles. The summed E-state index contributed by atoms with van der Waals surface area (Å²) in [7, 11) is 0. The largest absolute Gasteiger partial charge is 0.322 e. The predicted octanol–water partition coefficient (Wildman–Crippen LogP) is 2.59. The highest BCUT2D eigenvalue weighted by Crippen LogP contribution is 2.39. The second-order valence-corrected chi connectivity index (χ2v) is 5.52. The zero-order valence-corrected chi connectivity index (χ0v) is 10.7. The van der Waals surface area contributed by atoms with Crippen molar-refractivity contribution < 1.29 is 4.79 Å². The van der Waals surface area contributed by atoms with E-state index in [4.69, 9.17) is 0 Å². The zero-order chi connectivity index (χ0) is 12.5. The van der Waals surface area contributed by atoms with E-state index >= 15 is 0 Å². The van der Waals surface area contributed by atoms with Crippen LogP contribution in [0.5, 0.6) is 0 Å². The minimum absolute atomic E-state index is 0.0262. The van der Waals surface area contributed by atoms with Crippen LogP contribution in [0.2, 0.25) is 0 Å². The molecular formula is C13H20N4O. The highest BCUT2D eigenvalue weighted by Gasteiger charge is 2.42. The lowest BCUT2D eigenvalue weighted by atomic mass is 9.85. The number of amides is 2. The molecule has 1 saturated heterocycles. The Labute approximate surface area is 107 Å². The third-order valence-electron chi connectivity index (χ3n) is 4.33. The Bertz CT molecular complexity index is 417. The van der Waals surface area contributed by atoms with Crippen molar-refractivity contribution in [3.8, 4) is 0 Å². The maximum absolute atomic E-state index is 12.4. The lowest BCUT2D eigenvalue weighted by Crippen LogP contribution is -2.44. The number of rotatable bonds is 1. The number of fused-ring (bicyclic) bond motifs is 1. The molecule has 5 heteroatoms. The van der Waals surface area contributed by atoms with Crippen molar-refractivity contribution in [1.82, 2.24) is 15.1 Å². The van der Waals surface area contributed by atoms with Crippen LogP contribution in [-0.4, -0.2) is 33.2 Å². The van der Waals surface area contributed by atoms with Gasteiger partial charge in [-0.15, -0.1) is 0 Å². The molecule has 2 amide bonds. The first-order valence-corrected chi connectivity index (χ1v) is 6.84. The molecule has 1 aromatic rings. The van der Waals surface area contributed by atoms with Crippen molar-refractivity contribution in [2.75, 3.05) is 5.32 Å². The lowest BCUT2D eigenvalue weighted by molar-refractivity contribution is 0.168. The SMILES string of the molecule is C[C@@H]1C[C@H]2CCCC[C@H]2N1C(=O)Nc1cn[nH]c1. The maximum Gasteiger partial charge on any atom is 0.322 e. The summed E-state index contributed by atoms with van der Waals surface area (Å²) in [6, 6.07) is 0.823. The van der Waals surface area contributed by atoms with Gasteiger partial charge < -0.3 is 10.2 Å². The van der Waals surface area contributed by atoms with Crippen molar-refractivity contribution in [3.63, 3.8) is 0 Å². The van der Waals surface area contributed by atoms with Gasteiger partial charge in [0.15, 0.2) is 0 Å². The molecule has 2 aliphatic rings. The molecule has 5 nitrogen and oxygen atoms in total. The summed E-state index contributed by atoms with van der Waals surface area (Å²) in [5.74, 6) is 0.712. The van der Waals surface area contributed by atoms with Crippen molar-refractivity contribution in [1.29, 1.82) is 0 Å². The van der Waals surface area contributed by atoms with Crippen molar-refractivity contribution in [3.05, 3.63) is 12.4 Å². The van der Waals surface area contributed by atoms with Gasteiger partial charge in [-0.25, -0.2) is 4.79 Å². The van der Waals surface area contributed by atoms with Crippen molar-refractivity contribution in [2.24, 2.45) is 5.92 Å². The van der Waals surface area contributed by atoms with Gasteiger partial charge in [-0.3, -0.25) is 5.10 Å². The van der Waals surface area contributed by atoms with Crippen LogP contribution >= 0.6 is 0 Å². The van der Waals surface area contributed by atoms with E-state index in [1.54, 1.807) is 12.4 Å². The van der Waals surface area contributed by atoms with Crippen LogP contribution in [0.1, 0.15) is 39.0 Å². The number of hydrogen-bond donors (Lipinski definition) is 2. The summed E-state index contributed by atoms with van der Waals surface area (Å²) in [6.07, 6.45) is 9.52. The highest BCUT2D eigenvalue weighted by molar-refractivity contribution is 5.89. The van der Waals surface area contributed by atoms with Crippen molar-refractivity contribution >= 4 is 11.7 Å². The molecule has 2 fully saturated rings. The smallest absolute Gasteiger partial charge is 0.319 e. The lowest BCUT2D eigenvalue weighted by Gasteiger charge is -2.33. The van der Waals surface area contributed by atoms with E-state index < -0.39 is 0 Å². The summed E-state index contributed by atoms with van der Waals surface area (Å²) in [5, 5.41) is 9.47. The first-order chi connectivity index (χ1) is 8.75. The number of aromatic nitrogens is 2. The number of carbonyl (C=O) groups excluding carboxylic acids is 1. The topological polar surface area (TPSA) is 61.0 Å². The summed E-state index contributed by atoms with van der Waals surface area (Å²) < 4.78 is 0. The zero-order valence-electron chi connectivity index (χ0n) is 10.7. The molecule has 1 saturated carbocycles. The molecule has 1 aromatic heterocycles. The molecule has 0 unspecified atom stereocenters. The van der Waals surface area contributed by atoms with E-state index in [1.165, 1.54) is 19.3 Å². The molecule has 98 valence electrons. The number of likely N-dealkylation sites (tertiary alicyclic amines) is 1. The molecule has 0 spiro atoms. The van der Waals surface area contributed by atoms with Gasteiger partial charge in [0.2, 0.25) is 0 Å². The Morgan fingerprint density at radius 3 is 3.11 bits per heavy atom. The van der Waals surface area contributed by atoms with Crippen LogP contribution in [0.4, 0.5) is 10.5 Å². The van der Waals surface area contributed by atoms with Gasteiger partial charge in [-0.05, 0) is 32.1 Å². The van der Waals surface area contributed by atoms with Gasteiger partial charge in [0.1, 0.15) is 0 Å². The van der Waals surface area contributed by atoms with Crippen LogP contribution in [0.25, 0.3) is 0 Å². The molecule has 3 rings (SSSR count). The third kappa shape index (κ3) is 1.98. The fraction of sp³-hybridized carbons (Fsp3) is 0.692. The van der Waals surface area contributed by atoms with Crippen LogP contribution < -0.4 is 5.32 Å². The van der Waals surface area contributed by atoms with Crippen molar-refractivity contribution in [2.45, 2.75) is 51.1 Å². The quantitative estimate of drug-likeness (QED) is 0.802. The van der Waals surface area contributed by atoms with Gasteiger partial charge in [-0.2, -0.15) is 5.10 Å². The van der Waals surface area contributed by atoms with Crippen LogP contribution in [0, 0.1) is 5.92 Å². The van der Waals surface area contributed by atoms with E-state index in [-0.39, 0.29) is 6.03 Å². The normalized spacial score (nSPS) is 31.2. The number of hydrogen-bond acceptors (Lipinski definition) is 2. The summed E-state index contributed by atoms with van der Waals surface area (Å²) in [4.78, 5) is 14.4. The second-order valence-electron chi connectivity index (χ2n) is 5.52. The Kier molecular flexibility index (Phi) is 2.97. The maximum atomic E-state index is 12.4. The number of urea groups is 1. The molecule has 0 aromatic carbocycles. The van der Waals surface area contributed by atoms with E-state index in [0.717, 1.165) is 18.5 Å². The van der Waals surface area contributed by atoms with Gasteiger partial charge in [0.05, 0.1) is 11.9 Å². The summed E-state index contributed by atoms with van der Waals surface area (Å²) in [6.45, 7) is 2.16. The number of nitrogens with zero attached hydrogens (tertiary/aromatic N) is 2. The number of aromatic amines is 1. The fourth-order valence-corrected chi connectivity index (χ4v) is 3.57. The molecule has 1 aliphatic heterocycles. The summed E-state index contributed by atoms with van der Waals surface area (Å²) >= 11 is 0. The van der Waals surface area contributed by atoms with Gasteiger partial charge >= 0.3 is 6.03 Å². The Morgan fingerprint density at radius 1 is 1.50 bits per heavy atom. The summed E-state index contributed by atoms with van der Waals surface area (Å²) in [5.41, 5.74) is 0.742. The minimum Gasteiger partial charge on any atom is -0.319 e. The standard InChI is InChI=1S/C13H20N4O/c1-9-6-10-4-2-3-5-12(10)17(9)13(18)16-11-7-14-15-8-11/h7-10,12H,2-6H2,1H3,(H,14,15)(H,16,18)/t9-,10-,12-/m1/s1. The molecular weight excluding hydrogens is 228 g/mol. The molecule has 3 atom stereocenters. The van der Waals surface area contributed by atoms with Crippen LogP contribution in [-0.2, 0) is 0 Å². The van der Waals surface area contributed by atoms with E-state index in [2.05, 4.69) is 27.3 Å². The Hall–Kier alpha value is -1.52. The first kappa shape index (κ1) is 11.6. The fourth-order valence-electron chi connectivity index (χ4n) is 3.57. The van der Waals surface area contributed by atoms with Crippen LogP contribution in [0.15, 0.2) is 12.4 Å². The molecule has 18 heavy (non-hydrogen) atoms. The Balaban J connectivity index is 1.72. The van der Waals surface area contributed by atoms with Gasteiger partial charge in [0, 0.05) is 18.3 Å². The molecule has 2 heterocycles. The van der Waals surface area contributed by atoms with Gasteiger partial charge in [-0.1, -0.05) is 12.8 Å². The van der Waals surface area contributed by atoms with E-state index in [9.17, 15) is 4.79 Å². The molecule has 2 N–H and O–H groups in total. The van der Waals surface area contributed by atoms with Crippen LogP contribution in [0.3, 0.4) is 0 Å². The van der Waals surface area contributed by atoms with Gasteiger partial charge in [0.25, 0.3) is 0 Å². The first-order valence-electron chi connectivity index (χ1n) is 6.84. The monoisotopic (exact) mass is 248 g/mol. The number of carbonyl (C=O) groups is 1. The van der Waals surface area contributed by atoms with E-state index in [0.29, 0.717) is 18.0 Å². The average Bonchev–Trinajstić information content (AvgIpc) is 2.94. The second kappa shape index (κ2) is 4.63. The van der Waals surface area contributed by atoms with E-state index in [1.807, 2.05) is 0 Å². The number of nitrogens with one attached hydrogen (secondary N) is 2. The minimum atomic E-state index is 0.0262. The number of anilines is 1. The Morgan fingerprint density at radius 2 is 2.33 bits per heavy atom. The highest BCUT2D eigenvalue weighted by atomic mass is 16.2. The molecule has 0 radical (unpaired) electrons. The average molecular weight is 248 g/mol.